The Labute approximate surface area is 135 Å². The highest BCUT2D eigenvalue weighted by Crippen LogP contribution is 2.46. The van der Waals surface area contributed by atoms with Crippen LogP contribution in [0.15, 0.2) is 36.4 Å². The summed E-state index contributed by atoms with van der Waals surface area (Å²) in [5.41, 5.74) is 0. The lowest BCUT2D eigenvalue weighted by atomic mass is 10.2. The monoisotopic (exact) mass is 334 g/mol. The first-order chi connectivity index (χ1) is 10.7. The second-order valence-corrected chi connectivity index (χ2v) is 6.34. The van der Waals surface area contributed by atoms with Crippen LogP contribution in [0.1, 0.15) is 4.88 Å². The minimum Gasteiger partial charge on any atom is -0.455 e. The number of hydrogen-bond donors (Lipinski definition) is 1. The maximum Gasteiger partial charge on any atom is 0.231 e. The Morgan fingerprint density at radius 2 is 1.86 bits per heavy atom. The van der Waals surface area contributed by atoms with Crippen LogP contribution < -0.4 is 14.2 Å². The van der Waals surface area contributed by atoms with Crippen molar-refractivity contribution < 1.29 is 19.3 Å². The molecule has 1 N–H and O–H groups in total. The summed E-state index contributed by atoms with van der Waals surface area (Å²) in [4.78, 5) is 0.758. The van der Waals surface area contributed by atoms with Crippen LogP contribution >= 0.6 is 22.9 Å². The molecule has 4 nitrogen and oxygen atoms in total. The number of benzene rings is 2. The number of rotatable bonds is 3. The molecule has 0 atom stereocenters. The Hall–Kier alpha value is -1.95. The third-order valence-electron chi connectivity index (χ3n) is 3.38. The summed E-state index contributed by atoms with van der Waals surface area (Å²) < 4.78 is 17.8. The van der Waals surface area contributed by atoms with Gasteiger partial charge in [0, 0.05) is 21.2 Å². The number of ether oxygens (including phenoxy) is 3. The van der Waals surface area contributed by atoms with Gasteiger partial charge in [0.15, 0.2) is 17.2 Å². The molecule has 6 heteroatoms. The molecule has 2 heterocycles. The SMILES string of the molecule is OCc1sc2cc3c(cc2c1Oc1ccc(Cl)cc1)OCO3. The van der Waals surface area contributed by atoms with Crippen molar-refractivity contribution in [3.63, 3.8) is 0 Å². The van der Waals surface area contributed by atoms with Gasteiger partial charge in [-0.05, 0) is 30.3 Å². The summed E-state index contributed by atoms with van der Waals surface area (Å²) >= 11 is 7.36. The predicted molar refractivity (Wildman–Crippen MR) is 85.4 cm³/mol. The minimum absolute atomic E-state index is 0.0886. The van der Waals surface area contributed by atoms with Crippen molar-refractivity contribution in [3.05, 3.63) is 46.3 Å². The third kappa shape index (κ3) is 2.27. The zero-order valence-corrected chi connectivity index (χ0v) is 12.9. The van der Waals surface area contributed by atoms with Gasteiger partial charge >= 0.3 is 0 Å². The molecule has 1 aromatic heterocycles. The van der Waals surface area contributed by atoms with E-state index in [-0.39, 0.29) is 13.4 Å². The number of hydrogen-bond acceptors (Lipinski definition) is 5. The van der Waals surface area contributed by atoms with Crippen LogP contribution in [0.4, 0.5) is 0 Å². The van der Waals surface area contributed by atoms with Crippen LogP contribution in [0.3, 0.4) is 0 Å². The molecular weight excluding hydrogens is 324 g/mol. The first kappa shape index (κ1) is 13.7. The van der Waals surface area contributed by atoms with Crippen molar-refractivity contribution in [2.24, 2.45) is 0 Å². The molecule has 1 aliphatic heterocycles. The van der Waals surface area contributed by atoms with Gasteiger partial charge in [0.05, 0.1) is 11.5 Å². The molecular formula is C16H11ClO4S. The Balaban J connectivity index is 1.82. The number of fused-ring (bicyclic) bond motifs is 2. The van der Waals surface area contributed by atoms with E-state index in [4.69, 9.17) is 25.8 Å². The second-order valence-electron chi connectivity index (χ2n) is 4.77. The Morgan fingerprint density at radius 1 is 1.14 bits per heavy atom. The van der Waals surface area contributed by atoms with E-state index in [2.05, 4.69) is 0 Å². The predicted octanol–water partition coefficient (Wildman–Crippen LogP) is 4.57. The summed E-state index contributed by atoms with van der Waals surface area (Å²) in [5, 5.41) is 11.1. The first-order valence-electron chi connectivity index (χ1n) is 6.64. The molecule has 0 bridgehead atoms. The normalized spacial score (nSPS) is 12.8. The van der Waals surface area contributed by atoms with Crippen LogP contribution in [-0.4, -0.2) is 11.9 Å². The number of aliphatic hydroxyl groups excluding tert-OH is 1. The Kier molecular flexibility index (Phi) is 3.33. The van der Waals surface area contributed by atoms with E-state index in [1.807, 2.05) is 12.1 Å². The molecule has 22 heavy (non-hydrogen) atoms. The van der Waals surface area contributed by atoms with Gasteiger partial charge in [-0.1, -0.05) is 11.6 Å². The summed E-state index contributed by atoms with van der Waals surface area (Å²) in [6, 6.07) is 10.9. The van der Waals surface area contributed by atoms with Crippen LogP contribution in [-0.2, 0) is 6.61 Å². The van der Waals surface area contributed by atoms with Gasteiger partial charge in [0.2, 0.25) is 6.79 Å². The van der Waals surface area contributed by atoms with Crippen LogP contribution in [0, 0.1) is 0 Å². The van der Waals surface area contributed by atoms with Gasteiger partial charge in [0.1, 0.15) is 5.75 Å². The Bertz CT molecular complexity index is 841. The zero-order valence-electron chi connectivity index (χ0n) is 11.3. The maximum absolute atomic E-state index is 9.60. The lowest BCUT2D eigenvalue weighted by molar-refractivity contribution is 0.174. The van der Waals surface area contributed by atoms with Crippen LogP contribution in [0.5, 0.6) is 23.0 Å². The largest absolute Gasteiger partial charge is 0.455 e. The lowest BCUT2D eigenvalue weighted by Gasteiger charge is -2.07. The van der Waals surface area contributed by atoms with E-state index in [1.165, 1.54) is 11.3 Å². The quantitative estimate of drug-likeness (QED) is 0.762. The van der Waals surface area contributed by atoms with E-state index in [0.29, 0.717) is 22.3 Å². The first-order valence-corrected chi connectivity index (χ1v) is 7.83. The van der Waals surface area contributed by atoms with Crippen molar-refractivity contribution >= 4 is 33.0 Å². The maximum atomic E-state index is 9.60. The van der Waals surface area contributed by atoms with Crippen LogP contribution in [0.2, 0.25) is 5.02 Å². The van der Waals surface area contributed by atoms with Gasteiger partial charge in [-0.25, -0.2) is 0 Å². The number of halogens is 1. The summed E-state index contributed by atoms with van der Waals surface area (Å²) in [6.07, 6.45) is 0. The summed E-state index contributed by atoms with van der Waals surface area (Å²) in [5.74, 6) is 2.71. The van der Waals surface area contributed by atoms with Crippen molar-refractivity contribution in [2.75, 3.05) is 6.79 Å². The lowest BCUT2D eigenvalue weighted by Crippen LogP contribution is -1.92. The average molecular weight is 335 g/mol. The van der Waals surface area contributed by atoms with E-state index in [0.717, 1.165) is 20.7 Å². The van der Waals surface area contributed by atoms with E-state index >= 15 is 0 Å². The highest BCUT2D eigenvalue weighted by atomic mass is 35.5. The smallest absolute Gasteiger partial charge is 0.231 e. The molecule has 0 spiro atoms. The van der Waals surface area contributed by atoms with Crippen molar-refractivity contribution in [3.8, 4) is 23.0 Å². The zero-order chi connectivity index (χ0) is 15.1. The molecule has 0 radical (unpaired) electrons. The minimum atomic E-state index is -0.0886. The van der Waals surface area contributed by atoms with Gasteiger partial charge in [0.25, 0.3) is 0 Å². The molecule has 112 valence electrons. The molecule has 0 saturated carbocycles. The molecule has 0 amide bonds. The molecule has 3 aromatic rings. The number of aliphatic hydroxyl groups is 1. The fourth-order valence-electron chi connectivity index (χ4n) is 2.35. The van der Waals surface area contributed by atoms with Gasteiger partial charge in [-0.3, -0.25) is 0 Å². The molecule has 0 unspecified atom stereocenters. The van der Waals surface area contributed by atoms with E-state index < -0.39 is 0 Å². The van der Waals surface area contributed by atoms with Gasteiger partial charge in [-0.2, -0.15) is 0 Å². The highest BCUT2D eigenvalue weighted by Gasteiger charge is 2.20. The summed E-state index contributed by atoms with van der Waals surface area (Å²) in [7, 11) is 0. The van der Waals surface area contributed by atoms with E-state index in [1.54, 1.807) is 24.3 Å². The van der Waals surface area contributed by atoms with Gasteiger partial charge in [-0.15, -0.1) is 11.3 Å². The number of thiophene rings is 1. The molecule has 4 rings (SSSR count). The molecule has 1 aliphatic rings. The molecule has 0 aliphatic carbocycles. The average Bonchev–Trinajstić information content (AvgIpc) is 3.11. The molecule has 2 aromatic carbocycles. The van der Waals surface area contributed by atoms with Crippen LogP contribution in [0.25, 0.3) is 10.1 Å². The highest BCUT2D eigenvalue weighted by molar-refractivity contribution is 7.19. The summed E-state index contributed by atoms with van der Waals surface area (Å²) in [6.45, 7) is 0.140. The van der Waals surface area contributed by atoms with Crippen molar-refractivity contribution in [1.29, 1.82) is 0 Å². The fourth-order valence-corrected chi connectivity index (χ4v) is 3.48. The fraction of sp³-hybridized carbons (Fsp3) is 0.125. The van der Waals surface area contributed by atoms with Crippen molar-refractivity contribution in [1.82, 2.24) is 0 Å². The standard InChI is InChI=1S/C16H11ClO4S/c17-9-1-3-10(4-2-9)21-16-11-5-12-13(20-8-19-12)6-14(11)22-15(16)7-18/h1-6,18H,7-8H2. The Morgan fingerprint density at radius 3 is 2.59 bits per heavy atom. The topological polar surface area (TPSA) is 47.9 Å². The molecule has 0 saturated heterocycles. The molecule has 0 fully saturated rings. The third-order valence-corrected chi connectivity index (χ3v) is 4.75. The van der Waals surface area contributed by atoms with Crippen molar-refractivity contribution in [2.45, 2.75) is 6.61 Å². The second kappa shape index (κ2) is 5.35. The van der Waals surface area contributed by atoms with E-state index in [9.17, 15) is 5.11 Å². The van der Waals surface area contributed by atoms with Gasteiger partial charge < -0.3 is 19.3 Å².